The van der Waals surface area contributed by atoms with E-state index in [1.807, 2.05) is 0 Å². The van der Waals surface area contributed by atoms with Gasteiger partial charge in [0.1, 0.15) is 4.90 Å². The van der Waals surface area contributed by atoms with Gasteiger partial charge in [0.05, 0.1) is 5.02 Å². The molecule has 0 bridgehead atoms. The van der Waals surface area contributed by atoms with E-state index in [9.17, 15) is 13.2 Å². The molecular weight excluding hydrogens is 382 g/mol. The first-order valence-corrected chi connectivity index (χ1v) is 8.93. The van der Waals surface area contributed by atoms with Crippen molar-refractivity contribution in [2.24, 2.45) is 5.73 Å². The van der Waals surface area contributed by atoms with Gasteiger partial charge >= 0.3 is 6.03 Å². The number of hydrogen-bond donors (Lipinski definition) is 1. The van der Waals surface area contributed by atoms with E-state index in [1.54, 1.807) is 12.1 Å². The average Bonchev–Trinajstić information content (AvgIpc) is 2.64. The smallest absolute Gasteiger partial charge is 0.314 e. The topological polar surface area (TPSA) is 83.7 Å². The van der Waals surface area contributed by atoms with Gasteiger partial charge in [-0.2, -0.15) is 4.31 Å². The summed E-state index contributed by atoms with van der Waals surface area (Å²) in [6.07, 6.45) is 0.538. The molecule has 1 heterocycles. The molecule has 21 heavy (non-hydrogen) atoms. The van der Waals surface area contributed by atoms with Gasteiger partial charge in [-0.15, -0.1) is 0 Å². The number of rotatable bonds is 2. The fraction of sp³-hybridized carbons (Fsp3) is 0.417. The van der Waals surface area contributed by atoms with Gasteiger partial charge in [-0.1, -0.05) is 27.5 Å². The van der Waals surface area contributed by atoms with E-state index in [1.165, 1.54) is 15.3 Å². The maximum absolute atomic E-state index is 12.6. The van der Waals surface area contributed by atoms with Crippen LogP contribution in [0.3, 0.4) is 0 Å². The van der Waals surface area contributed by atoms with Gasteiger partial charge in [0, 0.05) is 30.7 Å². The van der Waals surface area contributed by atoms with Crippen molar-refractivity contribution in [2.75, 3.05) is 26.2 Å². The largest absolute Gasteiger partial charge is 0.351 e. The zero-order chi connectivity index (χ0) is 15.6. The molecule has 2 amide bonds. The first-order valence-electron chi connectivity index (χ1n) is 6.32. The standard InChI is InChI=1S/C12H15BrClN3O3S/c13-9-2-3-11(10(14)8-9)21(19,20)17-5-1-4-16(6-7-17)12(15)18/h2-3,8H,1,4-7H2,(H2,15,18). The lowest BCUT2D eigenvalue weighted by Gasteiger charge is -2.21. The van der Waals surface area contributed by atoms with Gasteiger partial charge in [-0.3, -0.25) is 0 Å². The lowest BCUT2D eigenvalue weighted by Crippen LogP contribution is -2.39. The summed E-state index contributed by atoms with van der Waals surface area (Å²) >= 11 is 9.28. The highest BCUT2D eigenvalue weighted by Gasteiger charge is 2.29. The number of hydrogen-bond acceptors (Lipinski definition) is 3. The molecule has 0 spiro atoms. The fourth-order valence-corrected chi connectivity index (χ4v) is 4.66. The molecule has 0 radical (unpaired) electrons. The molecule has 1 aliphatic heterocycles. The number of halogens is 2. The second kappa shape index (κ2) is 6.51. The van der Waals surface area contributed by atoms with Crippen LogP contribution < -0.4 is 5.73 Å². The van der Waals surface area contributed by atoms with Crippen molar-refractivity contribution < 1.29 is 13.2 Å². The van der Waals surface area contributed by atoms with E-state index >= 15 is 0 Å². The van der Waals surface area contributed by atoms with Crippen molar-refractivity contribution in [1.29, 1.82) is 0 Å². The monoisotopic (exact) mass is 395 g/mol. The number of amides is 2. The average molecular weight is 397 g/mol. The zero-order valence-corrected chi connectivity index (χ0v) is 14.3. The predicted octanol–water partition coefficient (Wildman–Crippen LogP) is 1.88. The van der Waals surface area contributed by atoms with Crippen LogP contribution in [-0.2, 0) is 10.0 Å². The van der Waals surface area contributed by atoms with Crippen molar-refractivity contribution in [2.45, 2.75) is 11.3 Å². The Kier molecular flexibility index (Phi) is 5.13. The number of benzene rings is 1. The van der Waals surface area contributed by atoms with E-state index in [-0.39, 0.29) is 23.0 Å². The molecule has 0 aromatic heterocycles. The third-order valence-electron chi connectivity index (χ3n) is 3.28. The lowest BCUT2D eigenvalue weighted by atomic mass is 10.4. The summed E-state index contributed by atoms with van der Waals surface area (Å²) in [5, 5.41) is 0.167. The lowest BCUT2D eigenvalue weighted by molar-refractivity contribution is 0.210. The van der Waals surface area contributed by atoms with Crippen LogP contribution in [0.2, 0.25) is 5.02 Å². The normalized spacial score (nSPS) is 17.5. The van der Waals surface area contributed by atoms with Gasteiger partial charge in [-0.05, 0) is 24.6 Å². The molecule has 9 heteroatoms. The third-order valence-corrected chi connectivity index (χ3v) is 6.15. The maximum Gasteiger partial charge on any atom is 0.314 e. The van der Waals surface area contributed by atoms with Crippen molar-refractivity contribution in [3.63, 3.8) is 0 Å². The van der Waals surface area contributed by atoms with Gasteiger partial charge in [0.15, 0.2) is 0 Å². The Morgan fingerprint density at radius 1 is 1.24 bits per heavy atom. The number of carbonyl (C=O) groups is 1. The van der Waals surface area contributed by atoms with Crippen LogP contribution >= 0.6 is 27.5 Å². The molecule has 2 rings (SSSR count). The molecule has 0 atom stereocenters. The van der Waals surface area contributed by atoms with Gasteiger partial charge in [-0.25, -0.2) is 13.2 Å². The molecule has 1 aliphatic rings. The molecule has 1 saturated heterocycles. The molecule has 0 aliphatic carbocycles. The second-order valence-corrected chi connectivity index (χ2v) is 7.89. The Hall–Kier alpha value is -0.830. The first kappa shape index (κ1) is 16.5. The van der Waals surface area contributed by atoms with Crippen molar-refractivity contribution >= 4 is 43.6 Å². The first-order chi connectivity index (χ1) is 9.82. The van der Waals surface area contributed by atoms with Gasteiger partial charge in [0.2, 0.25) is 10.0 Å². The van der Waals surface area contributed by atoms with E-state index in [4.69, 9.17) is 17.3 Å². The number of primary amides is 1. The summed E-state index contributed by atoms with van der Waals surface area (Å²) in [6, 6.07) is 4.11. The van der Waals surface area contributed by atoms with Crippen molar-refractivity contribution in [1.82, 2.24) is 9.21 Å². The molecule has 1 fully saturated rings. The number of nitrogens with two attached hydrogens (primary N) is 1. The van der Waals surface area contributed by atoms with Crippen LogP contribution in [0.1, 0.15) is 6.42 Å². The summed E-state index contributed by atoms with van der Waals surface area (Å²) < 4.78 is 27.3. The number of nitrogens with zero attached hydrogens (tertiary/aromatic N) is 2. The highest BCUT2D eigenvalue weighted by Crippen LogP contribution is 2.28. The quantitative estimate of drug-likeness (QED) is 0.828. The molecule has 116 valence electrons. The van der Waals surface area contributed by atoms with Crippen LogP contribution in [-0.4, -0.2) is 49.8 Å². The zero-order valence-electron chi connectivity index (χ0n) is 11.1. The van der Waals surface area contributed by atoms with Crippen molar-refractivity contribution in [3.8, 4) is 0 Å². The summed E-state index contributed by atoms with van der Waals surface area (Å²) in [4.78, 5) is 12.7. The molecular formula is C12H15BrClN3O3S. The van der Waals surface area contributed by atoms with Crippen LogP contribution in [0.4, 0.5) is 4.79 Å². The molecule has 2 N–H and O–H groups in total. The van der Waals surface area contributed by atoms with Crippen LogP contribution in [0.15, 0.2) is 27.6 Å². The van der Waals surface area contributed by atoms with Crippen LogP contribution in [0.25, 0.3) is 0 Å². The Morgan fingerprint density at radius 3 is 2.57 bits per heavy atom. The molecule has 1 aromatic carbocycles. The van der Waals surface area contributed by atoms with E-state index in [0.717, 1.165) is 0 Å². The summed E-state index contributed by atoms with van der Waals surface area (Å²) in [5.41, 5.74) is 5.24. The number of urea groups is 1. The van der Waals surface area contributed by atoms with Crippen LogP contribution in [0.5, 0.6) is 0 Å². The van der Waals surface area contributed by atoms with Gasteiger partial charge < -0.3 is 10.6 Å². The Labute approximate surface area is 137 Å². The fourth-order valence-electron chi connectivity index (χ4n) is 2.18. The molecule has 1 aromatic rings. The minimum Gasteiger partial charge on any atom is -0.351 e. The number of carbonyl (C=O) groups excluding carboxylic acids is 1. The Bertz CT molecular complexity index is 653. The summed E-state index contributed by atoms with van der Waals surface area (Å²) in [5.74, 6) is 0. The molecule has 0 unspecified atom stereocenters. The van der Waals surface area contributed by atoms with Crippen molar-refractivity contribution in [3.05, 3.63) is 27.7 Å². The maximum atomic E-state index is 12.6. The molecule has 0 saturated carbocycles. The Balaban J connectivity index is 2.25. The van der Waals surface area contributed by atoms with Gasteiger partial charge in [0.25, 0.3) is 0 Å². The minimum atomic E-state index is -3.68. The predicted molar refractivity (Wildman–Crippen MR) is 83.7 cm³/mol. The SMILES string of the molecule is NC(=O)N1CCCN(S(=O)(=O)c2ccc(Br)cc2Cl)CC1. The molecule has 6 nitrogen and oxygen atoms in total. The third kappa shape index (κ3) is 3.68. The second-order valence-electron chi connectivity index (χ2n) is 4.66. The van der Waals surface area contributed by atoms with E-state index < -0.39 is 16.1 Å². The summed E-state index contributed by atoms with van der Waals surface area (Å²) in [7, 11) is -3.68. The number of sulfonamides is 1. The minimum absolute atomic E-state index is 0.0693. The highest BCUT2D eigenvalue weighted by atomic mass is 79.9. The summed E-state index contributed by atoms with van der Waals surface area (Å²) in [6.45, 7) is 1.27. The highest BCUT2D eigenvalue weighted by molar-refractivity contribution is 9.10. The van der Waals surface area contributed by atoms with Crippen LogP contribution in [0, 0.1) is 0 Å². The Morgan fingerprint density at radius 2 is 1.95 bits per heavy atom. The van der Waals surface area contributed by atoms with E-state index in [2.05, 4.69) is 15.9 Å². The van der Waals surface area contributed by atoms with E-state index in [0.29, 0.717) is 24.0 Å².